The van der Waals surface area contributed by atoms with E-state index in [1.165, 1.54) is 18.5 Å². The van der Waals surface area contributed by atoms with Crippen molar-refractivity contribution in [1.82, 2.24) is 9.97 Å². The first-order chi connectivity index (χ1) is 12.6. The molecule has 0 spiro atoms. The molecule has 7 heteroatoms. The van der Waals surface area contributed by atoms with Crippen LogP contribution < -0.4 is 15.8 Å². The number of nitrogens with zero attached hydrogens (tertiary/aromatic N) is 2. The molecule has 2 aromatic heterocycles. The van der Waals surface area contributed by atoms with Gasteiger partial charge in [-0.3, -0.25) is 0 Å². The van der Waals surface area contributed by atoms with Crippen LogP contribution in [0.25, 0.3) is 10.2 Å². The lowest BCUT2D eigenvalue weighted by molar-refractivity contribution is 0.147. The first-order valence-electron chi connectivity index (χ1n) is 8.78. The first kappa shape index (κ1) is 17.2. The predicted molar refractivity (Wildman–Crippen MR) is 103 cm³/mol. The fourth-order valence-electron chi connectivity index (χ4n) is 3.32. The third-order valence-electron chi connectivity index (χ3n) is 4.76. The van der Waals surface area contributed by atoms with Gasteiger partial charge in [-0.1, -0.05) is 0 Å². The summed E-state index contributed by atoms with van der Waals surface area (Å²) in [5.74, 6) is 0.888. The van der Waals surface area contributed by atoms with Crippen LogP contribution in [0.4, 0.5) is 15.9 Å². The number of aromatic nitrogens is 2. The van der Waals surface area contributed by atoms with Gasteiger partial charge in [-0.2, -0.15) is 0 Å². The molecule has 1 aliphatic rings. The number of nitrogens with two attached hydrogens (primary N) is 1. The highest BCUT2D eigenvalue weighted by Crippen LogP contribution is 2.35. The molecule has 1 aromatic carbocycles. The number of rotatable bonds is 4. The Morgan fingerprint density at radius 2 is 2.04 bits per heavy atom. The molecular weight excluding hydrogens is 351 g/mol. The Bertz CT molecular complexity index is 921. The quantitative estimate of drug-likeness (QED) is 0.704. The molecule has 136 valence electrons. The van der Waals surface area contributed by atoms with E-state index in [4.69, 9.17) is 10.5 Å². The van der Waals surface area contributed by atoms with Gasteiger partial charge in [-0.15, -0.1) is 11.3 Å². The molecule has 1 aliphatic carbocycles. The molecule has 26 heavy (non-hydrogen) atoms. The van der Waals surface area contributed by atoms with Crippen molar-refractivity contribution in [3.63, 3.8) is 0 Å². The molecule has 3 N–H and O–H groups in total. The van der Waals surface area contributed by atoms with Gasteiger partial charge in [0.15, 0.2) is 0 Å². The summed E-state index contributed by atoms with van der Waals surface area (Å²) in [4.78, 5) is 9.60. The van der Waals surface area contributed by atoms with Crippen LogP contribution >= 0.6 is 11.3 Å². The zero-order valence-corrected chi connectivity index (χ0v) is 15.4. The van der Waals surface area contributed by atoms with E-state index in [0.717, 1.165) is 41.5 Å². The summed E-state index contributed by atoms with van der Waals surface area (Å²) in [7, 11) is 0. The Hall–Kier alpha value is -2.25. The van der Waals surface area contributed by atoms with Crippen molar-refractivity contribution in [3.05, 3.63) is 41.3 Å². The van der Waals surface area contributed by atoms with Crippen molar-refractivity contribution in [2.24, 2.45) is 5.73 Å². The van der Waals surface area contributed by atoms with Gasteiger partial charge in [0, 0.05) is 12.1 Å². The number of halogens is 1. The summed E-state index contributed by atoms with van der Waals surface area (Å²) in [6.45, 7) is 2.03. The van der Waals surface area contributed by atoms with E-state index in [1.54, 1.807) is 17.4 Å². The van der Waals surface area contributed by atoms with Crippen molar-refractivity contribution in [2.75, 3.05) is 5.32 Å². The highest BCUT2D eigenvalue weighted by atomic mass is 32.1. The van der Waals surface area contributed by atoms with Gasteiger partial charge >= 0.3 is 0 Å². The largest absolute Gasteiger partial charge is 0.488 e. The normalized spacial score (nSPS) is 20.3. The molecule has 2 heterocycles. The Balaban J connectivity index is 1.63. The van der Waals surface area contributed by atoms with Gasteiger partial charge in [-0.05, 0) is 55.7 Å². The topological polar surface area (TPSA) is 73.1 Å². The third kappa shape index (κ3) is 3.50. The van der Waals surface area contributed by atoms with Gasteiger partial charge in [-0.25, -0.2) is 14.4 Å². The number of benzene rings is 1. The van der Waals surface area contributed by atoms with Gasteiger partial charge in [0.2, 0.25) is 0 Å². The van der Waals surface area contributed by atoms with E-state index in [-0.39, 0.29) is 18.0 Å². The average molecular weight is 372 g/mol. The first-order valence-corrected chi connectivity index (χ1v) is 9.65. The zero-order chi connectivity index (χ0) is 18.1. The molecule has 0 amide bonds. The van der Waals surface area contributed by atoms with E-state index in [0.29, 0.717) is 17.3 Å². The van der Waals surface area contributed by atoms with Gasteiger partial charge in [0.05, 0.1) is 17.2 Å². The van der Waals surface area contributed by atoms with E-state index in [1.807, 2.05) is 6.92 Å². The summed E-state index contributed by atoms with van der Waals surface area (Å²) in [6.07, 6.45) is 5.24. The van der Waals surface area contributed by atoms with Crippen LogP contribution in [0.15, 0.2) is 29.9 Å². The average Bonchev–Trinajstić information content (AvgIpc) is 3.01. The Morgan fingerprint density at radius 3 is 2.85 bits per heavy atom. The predicted octanol–water partition coefficient (Wildman–Crippen LogP) is 4.53. The van der Waals surface area contributed by atoms with Crippen molar-refractivity contribution in [1.29, 1.82) is 0 Å². The highest BCUT2D eigenvalue weighted by molar-refractivity contribution is 7.17. The number of thiophene rings is 1. The molecule has 3 aromatic rings. The number of hydrogen-bond donors (Lipinski definition) is 2. The number of hydrogen-bond acceptors (Lipinski definition) is 6. The highest BCUT2D eigenvalue weighted by Gasteiger charge is 2.21. The SMILES string of the molecule is Cc1csc2ncnc(Nc3ccc(F)cc3OC3CCC(N)CC3)c12. The maximum absolute atomic E-state index is 13.8. The lowest BCUT2D eigenvalue weighted by atomic mass is 9.94. The second-order valence-corrected chi connectivity index (χ2v) is 7.60. The Labute approximate surface area is 155 Å². The van der Waals surface area contributed by atoms with Crippen LogP contribution in [0.2, 0.25) is 0 Å². The molecular formula is C19H21FN4OS. The molecule has 4 rings (SSSR count). The van der Waals surface area contributed by atoms with E-state index < -0.39 is 0 Å². The molecule has 1 saturated carbocycles. The molecule has 5 nitrogen and oxygen atoms in total. The zero-order valence-electron chi connectivity index (χ0n) is 14.5. The van der Waals surface area contributed by atoms with Crippen LogP contribution in [0.3, 0.4) is 0 Å². The summed E-state index contributed by atoms with van der Waals surface area (Å²) in [5, 5.41) is 6.34. The number of anilines is 2. The smallest absolute Gasteiger partial charge is 0.146 e. The van der Waals surface area contributed by atoms with Gasteiger partial charge in [0.1, 0.15) is 28.5 Å². The van der Waals surface area contributed by atoms with Gasteiger partial charge in [0.25, 0.3) is 0 Å². The minimum Gasteiger partial charge on any atom is -0.488 e. The van der Waals surface area contributed by atoms with Gasteiger partial charge < -0.3 is 15.8 Å². The fourth-order valence-corrected chi connectivity index (χ4v) is 4.21. The molecule has 0 aliphatic heterocycles. The van der Waals surface area contributed by atoms with Crippen LogP contribution in [-0.4, -0.2) is 22.1 Å². The molecule has 0 saturated heterocycles. The van der Waals surface area contributed by atoms with E-state index in [9.17, 15) is 4.39 Å². The maximum atomic E-state index is 13.8. The van der Waals surface area contributed by atoms with Crippen molar-refractivity contribution in [2.45, 2.75) is 44.8 Å². The van der Waals surface area contributed by atoms with E-state index in [2.05, 4.69) is 20.7 Å². The standard InChI is InChI=1S/C19H21FN4OS/c1-11-9-26-19-17(11)18(22-10-23-19)24-15-7-2-12(20)8-16(15)25-14-5-3-13(21)4-6-14/h2,7-10,13-14H,3-6,21H2,1H3,(H,22,23,24). The summed E-state index contributed by atoms with van der Waals surface area (Å²) >= 11 is 1.58. The second-order valence-electron chi connectivity index (χ2n) is 6.74. The minimum atomic E-state index is -0.322. The summed E-state index contributed by atoms with van der Waals surface area (Å²) < 4.78 is 19.9. The minimum absolute atomic E-state index is 0.0606. The lowest BCUT2D eigenvalue weighted by Crippen LogP contribution is -2.31. The molecule has 0 bridgehead atoms. The molecule has 0 radical (unpaired) electrons. The summed E-state index contributed by atoms with van der Waals surface area (Å²) in [5.41, 5.74) is 7.77. The summed E-state index contributed by atoms with van der Waals surface area (Å²) in [6, 6.07) is 4.78. The molecule has 0 atom stereocenters. The Kier molecular flexibility index (Phi) is 4.74. The third-order valence-corrected chi connectivity index (χ3v) is 5.77. The van der Waals surface area contributed by atoms with Crippen molar-refractivity contribution >= 4 is 33.1 Å². The number of nitrogens with one attached hydrogen (secondary N) is 1. The van der Waals surface area contributed by atoms with Crippen molar-refractivity contribution in [3.8, 4) is 5.75 Å². The molecule has 0 unspecified atom stereocenters. The monoisotopic (exact) mass is 372 g/mol. The number of ether oxygens (including phenoxy) is 1. The Morgan fingerprint density at radius 1 is 1.23 bits per heavy atom. The second kappa shape index (κ2) is 7.17. The van der Waals surface area contributed by atoms with Crippen LogP contribution in [-0.2, 0) is 0 Å². The number of aryl methyl sites for hydroxylation is 1. The van der Waals surface area contributed by atoms with Crippen LogP contribution in [0, 0.1) is 12.7 Å². The maximum Gasteiger partial charge on any atom is 0.146 e. The van der Waals surface area contributed by atoms with E-state index >= 15 is 0 Å². The van der Waals surface area contributed by atoms with Crippen molar-refractivity contribution < 1.29 is 9.13 Å². The fraction of sp³-hybridized carbons (Fsp3) is 0.368. The lowest BCUT2D eigenvalue weighted by Gasteiger charge is -2.27. The van der Waals surface area contributed by atoms with Crippen LogP contribution in [0.5, 0.6) is 5.75 Å². The molecule has 1 fully saturated rings. The van der Waals surface area contributed by atoms with Crippen LogP contribution in [0.1, 0.15) is 31.2 Å². The number of fused-ring (bicyclic) bond motifs is 1.